The molecule has 0 radical (unpaired) electrons. The summed E-state index contributed by atoms with van der Waals surface area (Å²) in [6.07, 6.45) is 0.786. The molecule has 0 aliphatic rings. The molecular formula is C16H26N2O2. The molecule has 0 fully saturated rings. The number of likely N-dealkylation sites (N-methyl/N-ethyl adjacent to an activating group) is 1. The van der Waals surface area contributed by atoms with Crippen LogP contribution in [0.25, 0.3) is 0 Å². The van der Waals surface area contributed by atoms with Crippen molar-refractivity contribution in [2.75, 3.05) is 20.2 Å². The highest BCUT2D eigenvalue weighted by Gasteiger charge is 2.29. The van der Waals surface area contributed by atoms with Gasteiger partial charge in [0.25, 0.3) is 0 Å². The molecule has 4 heteroatoms. The molecule has 0 aliphatic heterocycles. The lowest BCUT2D eigenvalue weighted by molar-refractivity contribution is -0.133. The summed E-state index contributed by atoms with van der Waals surface area (Å²) in [6, 6.07) is 9.20. The summed E-state index contributed by atoms with van der Waals surface area (Å²) in [5.74, 6) is 0.838. The third-order valence-corrected chi connectivity index (χ3v) is 3.23. The Morgan fingerprint density at radius 1 is 1.30 bits per heavy atom. The molecule has 1 aromatic rings. The number of nitrogens with two attached hydrogens (primary N) is 1. The van der Waals surface area contributed by atoms with Crippen LogP contribution in [-0.4, -0.2) is 37.0 Å². The van der Waals surface area contributed by atoms with Crippen molar-refractivity contribution in [1.29, 1.82) is 0 Å². The van der Waals surface area contributed by atoms with Gasteiger partial charge >= 0.3 is 0 Å². The highest BCUT2D eigenvalue weighted by Crippen LogP contribution is 2.18. The molecule has 0 bridgehead atoms. The number of hydrogen-bond acceptors (Lipinski definition) is 3. The lowest BCUT2D eigenvalue weighted by Gasteiger charge is -2.30. The van der Waals surface area contributed by atoms with Crippen molar-refractivity contribution in [3.8, 4) is 5.75 Å². The number of benzene rings is 1. The molecule has 4 nitrogen and oxygen atoms in total. The van der Waals surface area contributed by atoms with Gasteiger partial charge in [0, 0.05) is 13.6 Å². The van der Waals surface area contributed by atoms with Crippen LogP contribution in [0.3, 0.4) is 0 Å². The Labute approximate surface area is 121 Å². The molecule has 0 saturated carbocycles. The smallest absolute Gasteiger partial charge is 0.239 e. The summed E-state index contributed by atoms with van der Waals surface area (Å²) in [4.78, 5) is 13.8. The van der Waals surface area contributed by atoms with Gasteiger partial charge < -0.3 is 15.4 Å². The lowest BCUT2D eigenvalue weighted by atomic mass is 9.86. The quantitative estimate of drug-likeness (QED) is 0.812. The van der Waals surface area contributed by atoms with Crippen LogP contribution in [0.2, 0.25) is 0 Å². The highest BCUT2D eigenvalue weighted by atomic mass is 16.5. The number of amides is 1. The van der Waals surface area contributed by atoms with Crippen LogP contribution in [0, 0.1) is 5.41 Å². The van der Waals surface area contributed by atoms with Crippen LogP contribution in [0.15, 0.2) is 30.3 Å². The topological polar surface area (TPSA) is 55.6 Å². The minimum absolute atomic E-state index is 0.0165. The third kappa shape index (κ3) is 5.21. The van der Waals surface area contributed by atoms with Gasteiger partial charge in [-0.05, 0) is 24.0 Å². The normalized spacial score (nSPS) is 12.8. The standard InChI is InChI=1S/C16H26N2O2/c1-16(2,3)14(17)15(19)18(4)11-8-12-20-13-9-6-5-7-10-13/h5-7,9-10,14H,8,11-12,17H2,1-4H3. The SMILES string of the molecule is CN(CCCOc1ccccc1)C(=O)C(N)C(C)(C)C. The molecule has 1 aromatic carbocycles. The molecule has 0 aliphatic carbocycles. The fraction of sp³-hybridized carbons (Fsp3) is 0.562. The second-order valence-electron chi connectivity index (χ2n) is 6.12. The van der Waals surface area contributed by atoms with Gasteiger partial charge in [-0.15, -0.1) is 0 Å². The average Bonchev–Trinajstić information content (AvgIpc) is 2.41. The van der Waals surface area contributed by atoms with E-state index in [2.05, 4.69) is 0 Å². The first kappa shape index (κ1) is 16.5. The van der Waals surface area contributed by atoms with Crippen LogP contribution in [0.1, 0.15) is 27.2 Å². The van der Waals surface area contributed by atoms with Crippen molar-refractivity contribution >= 4 is 5.91 Å². The second-order valence-corrected chi connectivity index (χ2v) is 6.12. The van der Waals surface area contributed by atoms with E-state index < -0.39 is 6.04 Å². The van der Waals surface area contributed by atoms with E-state index in [0.29, 0.717) is 13.2 Å². The maximum atomic E-state index is 12.1. The van der Waals surface area contributed by atoms with Crippen molar-refractivity contribution in [3.63, 3.8) is 0 Å². The molecular weight excluding hydrogens is 252 g/mol. The molecule has 112 valence electrons. The first-order valence-electron chi connectivity index (χ1n) is 7.01. The van der Waals surface area contributed by atoms with E-state index in [4.69, 9.17) is 10.5 Å². The number of nitrogens with zero attached hydrogens (tertiary/aromatic N) is 1. The monoisotopic (exact) mass is 278 g/mol. The molecule has 1 atom stereocenters. The predicted octanol–water partition coefficient (Wildman–Crippen LogP) is 2.29. The summed E-state index contributed by atoms with van der Waals surface area (Å²) in [5.41, 5.74) is 5.75. The van der Waals surface area contributed by atoms with Gasteiger partial charge in [-0.25, -0.2) is 0 Å². The largest absolute Gasteiger partial charge is 0.494 e. The number of ether oxygens (including phenoxy) is 1. The maximum absolute atomic E-state index is 12.1. The Morgan fingerprint density at radius 3 is 2.45 bits per heavy atom. The van der Waals surface area contributed by atoms with E-state index in [0.717, 1.165) is 12.2 Å². The Bertz CT molecular complexity index is 412. The van der Waals surface area contributed by atoms with Gasteiger partial charge in [0.1, 0.15) is 5.75 Å². The maximum Gasteiger partial charge on any atom is 0.239 e. The zero-order valence-electron chi connectivity index (χ0n) is 12.9. The average molecular weight is 278 g/mol. The number of carbonyl (C=O) groups is 1. The van der Waals surface area contributed by atoms with Crippen molar-refractivity contribution in [1.82, 2.24) is 4.90 Å². The molecule has 1 amide bonds. The fourth-order valence-electron chi connectivity index (χ4n) is 1.73. The van der Waals surface area contributed by atoms with Crippen molar-refractivity contribution in [3.05, 3.63) is 30.3 Å². The van der Waals surface area contributed by atoms with Crippen molar-refractivity contribution < 1.29 is 9.53 Å². The molecule has 1 unspecified atom stereocenters. The van der Waals surface area contributed by atoms with Gasteiger partial charge in [0.15, 0.2) is 0 Å². The molecule has 0 aromatic heterocycles. The van der Waals surface area contributed by atoms with Gasteiger partial charge in [-0.1, -0.05) is 39.0 Å². The Morgan fingerprint density at radius 2 is 1.90 bits per heavy atom. The summed E-state index contributed by atoms with van der Waals surface area (Å²) in [6.45, 7) is 7.16. The summed E-state index contributed by atoms with van der Waals surface area (Å²) < 4.78 is 5.59. The van der Waals surface area contributed by atoms with E-state index in [9.17, 15) is 4.79 Å². The molecule has 20 heavy (non-hydrogen) atoms. The van der Waals surface area contributed by atoms with E-state index in [1.807, 2.05) is 51.1 Å². The van der Waals surface area contributed by atoms with E-state index in [1.165, 1.54) is 0 Å². The van der Waals surface area contributed by atoms with Crippen molar-refractivity contribution in [2.24, 2.45) is 11.1 Å². The van der Waals surface area contributed by atoms with Gasteiger partial charge in [-0.2, -0.15) is 0 Å². The van der Waals surface area contributed by atoms with Crippen LogP contribution >= 0.6 is 0 Å². The zero-order chi connectivity index (χ0) is 15.2. The van der Waals surface area contributed by atoms with Gasteiger partial charge in [-0.3, -0.25) is 4.79 Å². The Balaban J connectivity index is 2.30. The van der Waals surface area contributed by atoms with Gasteiger partial charge in [0.05, 0.1) is 12.6 Å². The summed E-state index contributed by atoms with van der Waals surface area (Å²) in [7, 11) is 1.79. The third-order valence-electron chi connectivity index (χ3n) is 3.23. The van der Waals surface area contributed by atoms with Gasteiger partial charge in [0.2, 0.25) is 5.91 Å². The van der Waals surface area contributed by atoms with Crippen LogP contribution in [0.4, 0.5) is 0 Å². The molecule has 0 heterocycles. The minimum atomic E-state index is -0.470. The minimum Gasteiger partial charge on any atom is -0.494 e. The van der Waals surface area contributed by atoms with Crippen LogP contribution < -0.4 is 10.5 Å². The van der Waals surface area contributed by atoms with Crippen LogP contribution in [-0.2, 0) is 4.79 Å². The van der Waals surface area contributed by atoms with E-state index >= 15 is 0 Å². The first-order chi connectivity index (χ1) is 9.32. The lowest BCUT2D eigenvalue weighted by Crippen LogP contribution is -2.49. The van der Waals surface area contributed by atoms with E-state index in [-0.39, 0.29) is 11.3 Å². The number of carbonyl (C=O) groups excluding carboxylic acids is 1. The fourth-order valence-corrected chi connectivity index (χ4v) is 1.73. The zero-order valence-corrected chi connectivity index (χ0v) is 12.9. The Kier molecular flexibility index (Phi) is 6.02. The molecule has 0 saturated heterocycles. The molecule has 0 spiro atoms. The number of para-hydroxylation sites is 1. The second kappa shape index (κ2) is 7.29. The first-order valence-corrected chi connectivity index (χ1v) is 7.01. The van der Waals surface area contributed by atoms with Crippen LogP contribution in [0.5, 0.6) is 5.75 Å². The molecule has 2 N–H and O–H groups in total. The van der Waals surface area contributed by atoms with Crippen molar-refractivity contribution in [2.45, 2.75) is 33.2 Å². The molecule has 1 rings (SSSR count). The summed E-state index contributed by atoms with van der Waals surface area (Å²) >= 11 is 0. The Hall–Kier alpha value is -1.55. The summed E-state index contributed by atoms with van der Waals surface area (Å²) in [5, 5.41) is 0. The van der Waals surface area contributed by atoms with E-state index in [1.54, 1.807) is 11.9 Å². The predicted molar refractivity (Wildman–Crippen MR) is 81.6 cm³/mol. The number of rotatable bonds is 6. The highest BCUT2D eigenvalue weighted by molar-refractivity contribution is 5.82. The number of hydrogen-bond donors (Lipinski definition) is 1.